The van der Waals surface area contributed by atoms with Crippen molar-refractivity contribution < 1.29 is 4.79 Å². The predicted molar refractivity (Wildman–Crippen MR) is 86.7 cm³/mol. The summed E-state index contributed by atoms with van der Waals surface area (Å²) in [6.45, 7) is 11.5. The fraction of sp³-hybridized carbons (Fsp3) is 0.588. The molecule has 0 spiro atoms. The van der Waals surface area contributed by atoms with Gasteiger partial charge in [-0.25, -0.2) is 0 Å². The van der Waals surface area contributed by atoms with Gasteiger partial charge >= 0.3 is 0 Å². The van der Waals surface area contributed by atoms with E-state index in [4.69, 9.17) is 5.73 Å². The summed E-state index contributed by atoms with van der Waals surface area (Å²) in [5.41, 5.74) is 9.82. The first kappa shape index (κ1) is 16.0. The van der Waals surface area contributed by atoms with Crippen LogP contribution in [0.25, 0.3) is 0 Å². The predicted octanol–water partition coefficient (Wildman–Crippen LogP) is 1.72. The van der Waals surface area contributed by atoms with Crippen LogP contribution in [0.1, 0.15) is 33.5 Å². The van der Waals surface area contributed by atoms with Gasteiger partial charge in [-0.3, -0.25) is 9.69 Å². The first-order chi connectivity index (χ1) is 10.0. The van der Waals surface area contributed by atoms with Gasteiger partial charge in [-0.2, -0.15) is 0 Å². The molecule has 0 atom stereocenters. The molecule has 1 amide bonds. The molecule has 1 aliphatic rings. The van der Waals surface area contributed by atoms with Crippen molar-refractivity contribution in [3.05, 3.63) is 34.4 Å². The van der Waals surface area contributed by atoms with Gasteiger partial charge in [0.05, 0.1) is 0 Å². The molecule has 4 heteroatoms. The van der Waals surface area contributed by atoms with Crippen molar-refractivity contribution in [2.24, 2.45) is 5.73 Å². The van der Waals surface area contributed by atoms with Crippen LogP contribution in [0, 0.1) is 20.8 Å². The number of hydrogen-bond donors (Lipinski definition) is 1. The summed E-state index contributed by atoms with van der Waals surface area (Å²) in [6.07, 6.45) is 1.03. The van der Waals surface area contributed by atoms with E-state index in [2.05, 4.69) is 24.0 Å². The Labute approximate surface area is 127 Å². The molecule has 0 aliphatic carbocycles. The Bertz CT molecular complexity index is 482. The van der Waals surface area contributed by atoms with Crippen LogP contribution in [0.5, 0.6) is 0 Å². The highest BCUT2D eigenvalue weighted by Crippen LogP contribution is 2.19. The molecule has 1 heterocycles. The third-order valence-corrected chi connectivity index (χ3v) is 4.23. The molecule has 0 unspecified atom stereocenters. The Morgan fingerprint density at radius 3 is 2.19 bits per heavy atom. The van der Waals surface area contributed by atoms with E-state index in [-0.39, 0.29) is 5.91 Å². The van der Waals surface area contributed by atoms with E-state index in [1.807, 2.05) is 18.7 Å². The Morgan fingerprint density at radius 1 is 1.10 bits per heavy atom. The second-order valence-electron chi connectivity index (χ2n) is 6.05. The fourth-order valence-electron chi connectivity index (χ4n) is 3.16. The Balaban J connectivity index is 2.02. The topological polar surface area (TPSA) is 49.6 Å². The van der Waals surface area contributed by atoms with E-state index < -0.39 is 0 Å². The van der Waals surface area contributed by atoms with Crippen LogP contribution in [0.3, 0.4) is 0 Å². The second kappa shape index (κ2) is 7.05. The summed E-state index contributed by atoms with van der Waals surface area (Å²) in [4.78, 5) is 17.1. The third kappa shape index (κ3) is 3.83. The van der Waals surface area contributed by atoms with Crippen LogP contribution in [0.2, 0.25) is 0 Å². The molecule has 21 heavy (non-hydrogen) atoms. The highest BCUT2D eigenvalue weighted by molar-refractivity contribution is 5.97. The van der Waals surface area contributed by atoms with Gasteiger partial charge in [0.25, 0.3) is 5.91 Å². The Hall–Kier alpha value is -1.39. The molecule has 1 fully saturated rings. The van der Waals surface area contributed by atoms with Gasteiger partial charge in [0, 0.05) is 31.7 Å². The quantitative estimate of drug-likeness (QED) is 0.918. The number of rotatable bonds is 4. The molecule has 116 valence electrons. The molecule has 1 saturated heterocycles. The molecular formula is C17H27N3O. The van der Waals surface area contributed by atoms with Crippen molar-refractivity contribution >= 4 is 5.91 Å². The molecule has 2 rings (SSSR count). The summed E-state index contributed by atoms with van der Waals surface area (Å²) in [5.74, 6) is 0.184. The molecule has 0 aromatic heterocycles. The maximum atomic E-state index is 12.8. The Kier molecular flexibility index (Phi) is 5.37. The average Bonchev–Trinajstić information content (AvgIpc) is 2.44. The van der Waals surface area contributed by atoms with Crippen LogP contribution in [-0.4, -0.2) is 55.0 Å². The van der Waals surface area contributed by atoms with Gasteiger partial charge < -0.3 is 10.6 Å². The number of carbonyl (C=O) groups is 1. The molecule has 0 saturated carbocycles. The van der Waals surface area contributed by atoms with E-state index in [0.29, 0.717) is 0 Å². The lowest BCUT2D eigenvalue weighted by Crippen LogP contribution is -2.49. The third-order valence-electron chi connectivity index (χ3n) is 4.23. The zero-order valence-electron chi connectivity index (χ0n) is 13.5. The van der Waals surface area contributed by atoms with Crippen molar-refractivity contribution in [1.29, 1.82) is 0 Å². The number of aryl methyl sites for hydroxylation is 3. The molecule has 2 N–H and O–H groups in total. The Morgan fingerprint density at radius 2 is 1.67 bits per heavy atom. The smallest absolute Gasteiger partial charge is 0.254 e. The van der Waals surface area contributed by atoms with Crippen LogP contribution in [-0.2, 0) is 0 Å². The van der Waals surface area contributed by atoms with Crippen molar-refractivity contribution in [2.75, 3.05) is 39.3 Å². The molecule has 0 radical (unpaired) electrons. The first-order valence-electron chi connectivity index (χ1n) is 7.82. The first-order valence-corrected chi connectivity index (χ1v) is 7.82. The standard InChI is InChI=1S/C17H27N3O/c1-13-11-14(2)16(15(3)12-13)17(21)20-9-7-19(8-10-20)6-4-5-18/h11-12H,4-10,18H2,1-3H3. The SMILES string of the molecule is Cc1cc(C)c(C(=O)N2CCN(CCCN)CC2)c(C)c1. The highest BCUT2D eigenvalue weighted by Gasteiger charge is 2.24. The minimum atomic E-state index is 0.184. The zero-order chi connectivity index (χ0) is 15.4. The van der Waals surface area contributed by atoms with Crippen molar-refractivity contribution in [1.82, 2.24) is 9.80 Å². The summed E-state index contributed by atoms with van der Waals surface area (Å²) in [6, 6.07) is 4.19. The monoisotopic (exact) mass is 289 g/mol. The van der Waals surface area contributed by atoms with Crippen LogP contribution in [0.15, 0.2) is 12.1 Å². The summed E-state index contributed by atoms with van der Waals surface area (Å²) in [7, 11) is 0. The van der Waals surface area contributed by atoms with Gasteiger partial charge in [0.1, 0.15) is 0 Å². The molecular weight excluding hydrogens is 262 g/mol. The lowest BCUT2D eigenvalue weighted by Gasteiger charge is -2.35. The maximum absolute atomic E-state index is 12.8. The molecule has 1 aromatic rings. The van der Waals surface area contributed by atoms with E-state index >= 15 is 0 Å². The van der Waals surface area contributed by atoms with Crippen LogP contribution < -0.4 is 5.73 Å². The lowest BCUT2D eigenvalue weighted by atomic mass is 9.98. The zero-order valence-corrected chi connectivity index (χ0v) is 13.5. The largest absolute Gasteiger partial charge is 0.336 e. The number of piperazine rings is 1. The highest BCUT2D eigenvalue weighted by atomic mass is 16.2. The number of amides is 1. The maximum Gasteiger partial charge on any atom is 0.254 e. The number of carbonyl (C=O) groups excluding carboxylic acids is 1. The van der Waals surface area contributed by atoms with Gasteiger partial charge in [-0.05, 0) is 51.4 Å². The van der Waals surface area contributed by atoms with E-state index in [9.17, 15) is 4.79 Å². The second-order valence-corrected chi connectivity index (χ2v) is 6.05. The molecule has 4 nitrogen and oxygen atoms in total. The molecule has 1 aromatic carbocycles. The van der Waals surface area contributed by atoms with Crippen molar-refractivity contribution in [3.8, 4) is 0 Å². The normalized spacial score (nSPS) is 16.3. The van der Waals surface area contributed by atoms with Gasteiger partial charge in [-0.1, -0.05) is 17.7 Å². The number of nitrogens with two attached hydrogens (primary N) is 1. The van der Waals surface area contributed by atoms with Gasteiger partial charge in [0.2, 0.25) is 0 Å². The average molecular weight is 289 g/mol. The van der Waals surface area contributed by atoms with Crippen LogP contribution in [0.4, 0.5) is 0 Å². The van der Waals surface area contributed by atoms with Crippen molar-refractivity contribution in [3.63, 3.8) is 0 Å². The summed E-state index contributed by atoms with van der Waals surface area (Å²) >= 11 is 0. The van der Waals surface area contributed by atoms with E-state index in [1.54, 1.807) is 0 Å². The van der Waals surface area contributed by atoms with E-state index in [1.165, 1.54) is 5.56 Å². The number of nitrogens with zero attached hydrogens (tertiary/aromatic N) is 2. The minimum absolute atomic E-state index is 0.184. The molecule has 0 bridgehead atoms. The lowest BCUT2D eigenvalue weighted by molar-refractivity contribution is 0.0635. The number of hydrogen-bond acceptors (Lipinski definition) is 3. The summed E-state index contributed by atoms with van der Waals surface area (Å²) in [5, 5.41) is 0. The van der Waals surface area contributed by atoms with Crippen LogP contribution >= 0.6 is 0 Å². The number of benzene rings is 1. The molecule has 1 aliphatic heterocycles. The fourth-order valence-corrected chi connectivity index (χ4v) is 3.16. The van der Waals surface area contributed by atoms with Gasteiger partial charge in [0.15, 0.2) is 0 Å². The van der Waals surface area contributed by atoms with Gasteiger partial charge in [-0.15, -0.1) is 0 Å². The summed E-state index contributed by atoms with van der Waals surface area (Å²) < 4.78 is 0. The van der Waals surface area contributed by atoms with E-state index in [0.717, 1.165) is 62.4 Å². The van der Waals surface area contributed by atoms with Crippen molar-refractivity contribution in [2.45, 2.75) is 27.2 Å². The minimum Gasteiger partial charge on any atom is -0.336 e.